The maximum atomic E-state index is 13.1. The highest BCUT2D eigenvalue weighted by atomic mass is 19.1. The third-order valence-electron chi connectivity index (χ3n) is 4.67. The molecule has 24 heavy (non-hydrogen) atoms. The Morgan fingerprint density at radius 2 is 1.75 bits per heavy atom. The maximum Gasteiger partial charge on any atom is 0.228 e. The Bertz CT molecular complexity index is 685. The van der Waals surface area contributed by atoms with E-state index in [1.165, 1.54) is 12.1 Å². The van der Waals surface area contributed by atoms with Crippen LogP contribution in [-0.4, -0.2) is 52.5 Å². The molecule has 0 saturated carbocycles. The van der Waals surface area contributed by atoms with Gasteiger partial charge in [0.05, 0.1) is 6.42 Å². The lowest BCUT2D eigenvalue weighted by molar-refractivity contribution is -0.132. The van der Waals surface area contributed by atoms with Crippen LogP contribution in [0.1, 0.15) is 19.5 Å². The molecule has 3 rings (SSSR count). The van der Waals surface area contributed by atoms with Crippen LogP contribution in [-0.2, 0) is 11.2 Å². The van der Waals surface area contributed by atoms with Crippen LogP contribution in [0, 0.1) is 5.82 Å². The van der Waals surface area contributed by atoms with Crippen molar-refractivity contribution in [3.63, 3.8) is 0 Å². The van der Waals surface area contributed by atoms with E-state index in [4.69, 9.17) is 0 Å². The van der Waals surface area contributed by atoms with Crippen molar-refractivity contribution in [2.24, 2.45) is 0 Å². The molecule has 128 valence electrons. The molecule has 0 bridgehead atoms. The van der Waals surface area contributed by atoms with Gasteiger partial charge in [-0.05, 0) is 50.2 Å². The van der Waals surface area contributed by atoms with Gasteiger partial charge in [-0.15, -0.1) is 0 Å². The molecule has 2 aromatic rings. The molecule has 2 heterocycles. The van der Waals surface area contributed by atoms with Crippen molar-refractivity contribution in [2.75, 3.05) is 26.2 Å². The maximum absolute atomic E-state index is 13.1. The summed E-state index contributed by atoms with van der Waals surface area (Å²) in [6.45, 7) is 7.81. The van der Waals surface area contributed by atoms with Crippen LogP contribution in [0.2, 0.25) is 0 Å². The highest BCUT2D eigenvalue weighted by Crippen LogP contribution is 2.15. The molecule has 0 aliphatic carbocycles. The molecular formula is C19H24FN3O. The van der Waals surface area contributed by atoms with E-state index >= 15 is 0 Å². The number of halogens is 1. The van der Waals surface area contributed by atoms with E-state index in [-0.39, 0.29) is 11.7 Å². The fraction of sp³-hybridized carbons (Fsp3) is 0.421. The van der Waals surface area contributed by atoms with E-state index in [0.29, 0.717) is 12.5 Å². The second-order valence-corrected chi connectivity index (χ2v) is 6.53. The summed E-state index contributed by atoms with van der Waals surface area (Å²) in [5.41, 5.74) is 1.80. The Balaban J connectivity index is 1.66. The van der Waals surface area contributed by atoms with E-state index in [1.54, 1.807) is 12.1 Å². The summed E-state index contributed by atoms with van der Waals surface area (Å²) in [4.78, 5) is 17.0. The highest BCUT2D eigenvalue weighted by molar-refractivity contribution is 5.78. The first-order chi connectivity index (χ1) is 11.5. The molecule has 0 spiro atoms. The lowest BCUT2D eigenvalue weighted by Crippen LogP contribution is -2.51. The first-order valence-corrected chi connectivity index (χ1v) is 8.48. The topological polar surface area (TPSA) is 28.5 Å². The average molecular weight is 329 g/mol. The lowest BCUT2D eigenvalue weighted by atomic mass is 10.2. The van der Waals surface area contributed by atoms with Gasteiger partial charge in [0.1, 0.15) is 5.82 Å². The smallest absolute Gasteiger partial charge is 0.228 e. The summed E-state index contributed by atoms with van der Waals surface area (Å²) >= 11 is 0. The van der Waals surface area contributed by atoms with Crippen molar-refractivity contribution in [1.82, 2.24) is 14.4 Å². The zero-order chi connectivity index (χ0) is 17.1. The Hall–Kier alpha value is -2.14. The van der Waals surface area contributed by atoms with Crippen molar-refractivity contribution in [3.8, 4) is 5.69 Å². The van der Waals surface area contributed by atoms with Gasteiger partial charge in [-0.25, -0.2) is 4.39 Å². The fourth-order valence-electron chi connectivity index (χ4n) is 3.17. The Morgan fingerprint density at radius 1 is 1.08 bits per heavy atom. The minimum absolute atomic E-state index is 0.153. The number of rotatable bonds is 4. The van der Waals surface area contributed by atoms with E-state index in [1.807, 2.05) is 27.8 Å². The van der Waals surface area contributed by atoms with Crippen molar-refractivity contribution in [3.05, 3.63) is 54.1 Å². The number of hydrogen-bond donors (Lipinski definition) is 0. The van der Waals surface area contributed by atoms with Gasteiger partial charge in [0, 0.05) is 49.8 Å². The number of aromatic nitrogens is 1. The molecule has 4 nitrogen and oxygen atoms in total. The first-order valence-electron chi connectivity index (χ1n) is 8.48. The van der Waals surface area contributed by atoms with Gasteiger partial charge in [0.2, 0.25) is 5.91 Å². The summed E-state index contributed by atoms with van der Waals surface area (Å²) in [6.07, 6.45) is 2.28. The van der Waals surface area contributed by atoms with Crippen LogP contribution in [0.5, 0.6) is 0 Å². The average Bonchev–Trinajstić information content (AvgIpc) is 3.03. The minimum Gasteiger partial charge on any atom is -0.340 e. The Morgan fingerprint density at radius 3 is 2.38 bits per heavy atom. The number of piperazine rings is 1. The number of amides is 1. The molecule has 1 amide bonds. The predicted octanol–water partition coefficient (Wildman–Crippen LogP) is 2.71. The van der Waals surface area contributed by atoms with Crippen molar-refractivity contribution in [2.45, 2.75) is 26.3 Å². The van der Waals surface area contributed by atoms with Gasteiger partial charge in [0.15, 0.2) is 0 Å². The number of hydrogen-bond acceptors (Lipinski definition) is 2. The Kier molecular flexibility index (Phi) is 5.00. The molecule has 1 aromatic carbocycles. The first kappa shape index (κ1) is 16.7. The van der Waals surface area contributed by atoms with Gasteiger partial charge < -0.3 is 9.47 Å². The SMILES string of the molecule is CC(C)N1CCN(C(=O)Cc2cccn2-c2ccc(F)cc2)CC1. The number of carbonyl (C=O) groups excluding carboxylic acids is 1. The number of carbonyl (C=O) groups is 1. The zero-order valence-electron chi connectivity index (χ0n) is 14.3. The van der Waals surface area contributed by atoms with Gasteiger partial charge >= 0.3 is 0 Å². The van der Waals surface area contributed by atoms with Crippen molar-refractivity contribution in [1.29, 1.82) is 0 Å². The van der Waals surface area contributed by atoms with E-state index in [2.05, 4.69) is 18.7 Å². The molecule has 0 N–H and O–H groups in total. The highest BCUT2D eigenvalue weighted by Gasteiger charge is 2.23. The van der Waals surface area contributed by atoms with Crippen LogP contribution in [0.25, 0.3) is 5.69 Å². The van der Waals surface area contributed by atoms with Crippen LogP contribution < -0.4 is 0 Å². The van der Waals surface area contributed by atoms with Gasteiger partial charge in [-0.2, -0.15) is 0 Å². The van der Waals surface area contributed by atoms with Crippen LogP contribution in [0.4, 0.5) is 4.39 Å². The molecular weight excluding hydrogens is 305 g/mol. The predicted molar refractivity (Wildman–Crippen MR) is 92.7 cm³/mol. The molecule has 1 aliphatic rings. The molecule has 1 aliphatic heterocycles. The number of benzene rings is 1. The molecule has 1 aromatic heterocycles. The van der Waals surface area contributed by atoms with Crippen LogP contribution >= 0.6 is 0 Å². The summed E-state index contributed by atoms with van der Waals surface area (Å²) in [5, 5.41) is 0. The largest absolute Gasteiger partial charge is 0.340 e. The van der Waals surface area contributed by atoms with Crippen molar-refractivity contribution >= 4 is 5.91 Å². The van der Waals surface area contributed by atoms with Gasteiger partial charge in [0.25, 0.3) is 0 Å². The summed E-state index contributed by atoms with van der Waals surface area (Å²) < 4.78 is 15.0. The third-order valence-corrected chi connectivity index (χ3v) is 4.67. The second-order valence-electron chi connectivity index (χ2n) is 6.53. The third kappa shape index (κ3) is 3.67. The monoisotopic (exact) mass is 329 g/mol. The zero-order valence-corrected chi connectivity index (χ0v) is 14.3. The molecule has 0 atom stereocenters. The molecule has 0 unspecified atom stereocenters. The summed E-state index contributed by atoms with van der Waals surface area (Å²) in [7, 11) is 0. The normalized spacial score (nSPS) is 15.9. The van der Waals surface area contributed by atoms with E-state index in [9.17, 15) is 9.18 Å². The lowest BCUT2D eigenvalue weighted by Gasteiger charge is -2.37. The second kappa shape index (κ2) is 7.18. The molecule has 0 radical (unpaired) electrons. The summed E-state index contributed by atoms with van der Waals surface area (Å²) in [5.74, 6) is -0.105. The molecule has 5 heteroatoms. The van der Waals surface area contributed by atoms with Crippen LogP contribution in [0.3, 0.4) is 0 Å². The standard InChI is InChI=1S/C19H24FN3O/c1-15(2)21-10-12-22(13-11-21)19(24)14-18-4-3-9-23(18)17-7-5-16(20)6-8-17/h3-9,15H,10-14H2,1-2H3. The Labute approximate surface area is 142 Å². The van der Waals surface area contributed by atoms with E-state index in [0.717, 1.165) is 37.6 Å². The molecule has 1 saturated heterocycles. The van der Waals surface area contributed by atoms with Gasteiger partial charge in [-0.1, -0.05) is 0 Å². The summed E-state index contributed by atoms with van der Waals surface area (Å²) in [6, 6.07) is 10.7. The van der Waals surface area contributed by atoms with Gasteiger partial charge in [-0.3, -0.25) is 9.69 Å². The van der Waals surface area contributed by atoms with Crippen molar-refractivity contribution < 1.29 is 9.18 Å². The molecule has 1 fully saturated rings. The van der Waals surface area contributed by atoms with Crippen LogP contribution in [0.15, 0.2) is 42.6 Å². The fourth-order valence-corrected chi connectivity index (χ4v) is 3.17. The number of nitrogens with zero attached hydrogens (tertiary/aromatic N) is 3. The minimum atomic E-state index is -0.258. The van der Waals surface area contributed by atoms with E-state index < -0.39 is 0 Å². The quantitative estimate of drug-likeness (QED) is 0.863.